The number of amides is 1. The van der Waals surface area contributed by atoms with E-state index >= 15 is 0 Å². The summed E-state index contributed by atoms with van der Waals surface area (Å²) in [6.07, 6.45) is -1.68. The molecule has 1 amide bonds. The van der Waals surface area contributed by atoms with E-state index in [1.165, 1.54) is 41.3 Å². The number of carbonyl (C=O) groups excluding carboxylic acids is 1. The first-order chi connectivity index (χ1) is 12.3. The Morgan fingerprint density at radius 1 is 1.19 bits per heavy atom. The largest absolute Gasteiger partial charge is 0.418 e. The van der Waals surface area contributed by atoms with Gasteiger partial charge in [0.15, 0.2) is 0 Å². The Kier molecular flexibility index (Phi) is 5.06. The van der Waals surface area contributed by atoms with Crippen molar-refractivity contribution >= 4 is 39.1 Å². The van der Waals surface area contributed by atoms with Crippen molar-refractivity contribution in [3.05, 3.63) is 75.5 Å². The molecule has 0 aliphatic rings. The van der Waals surface area contributed by atoms with E-state index in [4.69, 9.17) is 11.6 Å². The van der Waals surface area contributed by atoms with Crippen molar-refractivity contribution < 1.29 is 18.0 Å². The predicted molar refractivity (Wildman–Crippen MR) is 95.7 cm³/mol. The molecule has 0 aliphatic carbocycles. The molecule has 0 aliphatic heterocycles. The number of aromatic nitrogens is 2. The SMILES string of the molecule is O=C(Nc1ccc(-n2cccn2)cc1C(F)(F)F)c1cc(Br)ccc1Cl. The van der Waals surface area contributed by atoms with Gasteiger partial charge in [-0.05, 0) is 42.5 Å². The molecular weight excluding hydrogens is 435 g/mol. The minimum absolute atomic E-state index is 0.0605. The molecule has 0 atom stereocenters. The Hall–Kier alpha value is -2.32. The van der Waals surface area contributed by atoms with E-state index in [1.54, 1.807) is 12.1 Å². The van der Waals surface area contributed by atoms with E-state index in [0.29, 0.717) is 4.47 Å². The van der Waals surface area contributed by atoms with Crippen LogP contribution < -0.4 is 5.32 Å². The minimum atomic E-state index is -4.66. The maximum Gasteiger partial charge on any atom is 0.418 e. The van der Waals surface area contributed by atoms with Gasteiger partial charge in [-0.1, -0.05) is 27.5 Å². The molecule has 0 fully saturated rings. The number of carbonyl (C=O) groups is 1. The van der Waals surface area contributed by atoms with Crippen LogP contribution in [-0.4, -0.2) is 15.7 Å². The van der Waals surface area contributed by atoms with Gasteiger partial charge in [0.05, 0.1) is 27.5 Å². The number of benzene rings is 2. The van der Waals surface area contributed by atoms with Crippen LogP contribution in [-0.2, 0) is 6.18 Å². The first-order valence-electron chi connectivity index (χ1n) is 7.23. The van der Waals surface area contributed by atoms with Gasteiger partial charge in [0.25, 0.3) is 5.91 Å². The van der Waals surface area contributed by atoms with E-state index in [0.717, 1.165) is 6.07 Å². The normalized spacial score (nSPS) is 11.4. The van der Waals surface area contributed by atoms with Gasteiger partial charge in [-0.2, -0.15) is 18.3 Å². The lowest BCUT2D eigenvalue weighted by Gasteiger charge is -2.16. The molecule has 1 N–H and O–H groups in total. The van der Waals surface area contributed by atoms with Gasteiger partial charge in [0.2, 0.25) is 0 Å². The first kappa shape index (κ1) is 18.5. The topological polar surface area (TPSA) is 46.9 Å². The van der Waals surface area contributed by atoms with Crippen molar-refractivity contribution in [1.82, 2.24) is 9.78 Å². The van der Waals surface area contributed by atoms with Crippen LogP contribution in [0.4, 0.5) is 18.9 Å². The highest BCUT2D eigenvalue weighted by Gasteiger charge is 2.34. The van der Waals surface area contributed by atoms with Gasteiger partial charge < -0.3 is 5.32 Å². The van der Waals surface area contributed by atoms with Crippen molar-refractivity contribution in [2.24, 2.45) is 0 Å². The Morgan fingerprint density at radius 3 is 2.62 bits per heavy atom. The molecule has 0 unspecified atom stereocenters. The number of nitrogens with zero attached hydrogens (tertiary/aromatic N) is 2. The van der Waals surface area contributed by atoms with E-state index in [-0.39, 0.29) is 22.0 Å². The van der Waals surface area contributed by atoms with Crippen LogP contribution in [0.2, 0.25) is 5.02 Å². The third-order valence-electron chi connectivity index (χ3n) is 3.50. The van der Waals surface area contributed by atoms with Crippen molar-refractivity contribution in [3.8, 4) is 5.69 Å². The van der Waals surface area contributed by atoms with Crippen LogP contribution in [0.1, 0.15) is 15.9 Å². The number of halogens is 5. The smallest absolute Gasteiger partial charge is 0.321 e. The third kappa shape index (κ3) is 3.91. The average molecular weight is 445 g/mol. The van der Waals surface area contributed by atoms with Crippen LogP contribution in [0, 0.1) is 0 Å². The Labute approximate surface area is 159 Å². The van der Waals surface area contributed by atoms with Crippen molar-refractivity contribution in [2.45, 2.75) is 6.18 Å². The highest BCUT2D eigenvalue weighted by atomic mass is 79.9. The van der Waals surface area contributed by atoms with Crippen LogP contribution in [0.25, 0.3) is 5.69 Å². The maximum atomic E-state index is 13.5. The van der Waals surface area contributed by atoms with Crippen LogP contribution >= 0.6 is 27.5 Å². The summed E-state index contributed by atoms with van der Waals surface area (Å²) in [7, 11) is 0. The van der Waals surface area contributed by atoms with Gasteiger partial charge in [-0.25, -0.2) is 4.68 Å². The molecule has 4 nitrogen and oxygen atoms in total. The summed E-state index contributed by atoms with van der Waals surface area (Å²) in [4.78, 5) is 12.4. The number of hydrogen-bond acceptors (Lipinski definition) is 2. The zero-order chi connectivity index (χ0) is 18.9. The lowest BCUT2D eigenvalue weighted by atomic mass is 10.1. The summed E-state index contributed by atoms with van der Waals surface area (Å²) in [5, 5.41) is 6.32. The van der Waals surface area contributed by atoms with Crippen molar-refractivity contribution in [3.63, 3.8) is 0 Å². The average Bonchev–Trinajstić information content (AvgIpc) is 3.11. The summed E-state index contributed by atoms with van der Waals surface area (Å²) in [5.41, 5.74) is -1.06. The zero-order valence-corrected chi connectivity index (χ0v) is 15.2. The second-order valence-electron chi connectivity index (χ2n) is 5.26. The zero-order valence-electron chi connectivity index (χ0n) is 12.9. The highest BCUT2D eigenvalue weighted by molar-refractivity contribution is 9.10. The lowest BCUT2D eigenvalue weighted by molar-refractivity contribution is -0.136. The number of rotatable bonds is 3. The first-order valence-corrected chi connectivity index (χ1v) is 8.40. The fraction of sp³-hybridized carbons (Fsp3) is 0.0588. The molecule has 134 valence electrons. The number of nitrogens with one attached hydrogen (secondary N) is 1. The fourth-order valence-electron chi connectivity index (χ4n) is 2.30. The summed E-state index contributed by atoms with van der Waals surface area (Å²) >= 11 is 9.16. The van der Waals surface area contributed by atoms with E-state index in [2.05, 4.69) is 26.3 Å². The molecule has 0 radical (unpaired) electrons. The molecule has 2 aromatic carbocycles. The monoisotopic (exact) mass is 443 g/mol. The Morgan fingerprint density at radius 2 is 1.96 bits per heavy atom. The predicted octanol–water partition coefficient (Wildman–Crippen LogP) is 5.56. The number of alkyl halides is 3. The summed E-state index contributed by atoms with van der Waals surface area (Å²) in [6.45, 7) is 0. The molecule has 26 heavy (non-hydrogen) atoms. The van der Waals surface area contributed by atoms with Crippen LogP contribution in [0.15, 0.2) is 59.3 Å². The molecule has 3 aromatic rings. The highest BCUT2D eigenvalue weighted by Crippen LogP contribution is 2.36. The Bertz CT molecular complexity index is 958. The second-order valence-corrected chi connectivity index (χ2v) is 6.58. The minimum Gasteiger partial charge on any atom is -0.321 e. The molecule has 0 saturated carbocycles. The standard InChI is InChI=1S/C17H10BrClF3N3O/c18-10-2-4-14(19)12(8-10)16(26)24-15-5-3-11(25-7-1-6-23-25)9-13(15)17(20,21)22/h1-9H,(H,24,26). The summed E-state index contributed by atoms with van der Waals surface area (Å²) in [6, 6.07) is 9.67. The molecule has 0 bridgehead atoms. The quantitative estimate of drug-likeness (QED) is 0.575. The van der Waals surface area contributed by atoms with Gasteiger partial charge in [0.1, 0.15) is 0 Å². The van der Waals surface area contributed by atoms with Crippen molar-refractivity contribution in [2.75, 3.05) is 5.32 Å². The molecule has 3 rings (SSSR count). The molecule has 1 heterocycles. The molecule has 0 spiro atoms. The van der Waals surface area contributed by atoms with E-state index < -0.39 is 17.6 Å². The molecule has 9 heteroatoms. The summed E-state index contributed by atoms with van der Waals surface area (Å²) < 4.78 is 42.2. The number of anilines is 1. The van der Waals surface area contributed by atoms with E-state index in [9.17, 15) is 18.0 Å². The third-order valence-corrected chi connectivity index (χ3v) is 4.32. The van der Waals surface area contributed by atoms with Gasteiger partial charge >= 0.3 is 6.18 Å². The molecule has 0 saturated heterocycles. The summed E-state index contributed by atoms with van der Waals surface area (Å²) in [5.74, 6) is -0.742. The maximum absolute atomic E-state index is 13.5. The second kappa shape index (κ2) is 7.13. The molecule has 1 aromatic heterocycles. The van der Waals surface area contributed by atoms with Gasteiger partial charge in [-0.3, -0.25) is 4.79 Å². The van der Waals surface area contributed by atoms with Gasteiger partial charge in [-0.15, -0.1) is 0 Å². The van der Waals surface area contributed by atoms with Crippen molar-refractivity contribution in [1.29, 1.82) is 0 Å². The number of hydrogen-bond donors (Lipinski definition) is 1. The van der Waals surface area contributed by atoms with E-state index in [1.807, 2.05) is 0 Å². The lowest BCUT2D eigenvalue weighted by Crippen LogP contribution is -2.17. The van der Waals surface area contributed by atoms with Gasteiger partial charge in [0, 0.05) is 16.9 Å². The Balaban J connectivity index is 1.99. The fourth-order valence-corrected chi connectivity index (χ4v) is 2.87. The van der Waals surface area contributed by atoms with Crippen LogP contribution in [0.3, 0.4) is 0 Å². The molecular formula is C17H10BrClF3N3O. The van der Waals surface area contributed by atoms with Crippen LogP contribution in [0.5, 0.6) is 0 Å².